The van der Waals surface area contributed by atoms with E-state index in [0.29, 0.717) is 18.7 Å². The second kappa shape index (κ2) is 8.51. The molecule has 1 unspecified atom stereocenters. The highest BCUT2D eigenvalue weighted by Crippen LogP contribution is 2.42. The number of likely N-dealkylation sites (N-methyl/N-ethyl adjacent to an activating group) is 1. The van der Waals surface area contributed by atoms with Crippen LogP contribution in [0.25, 0.3) is 0 Å². The molecule has 1 spiro atoms. The molecule has 3 heterocycles. The normalized spacial score (nSPS) is 19.4. The number of fused-ring (bicyclic) bond motifs is 2. The highest BCUT2D eigenvalue weighted by molar-refractivity contribution is 7.84. The molecule has 1 fully saturated rings. The Bertz CT molecular complexity index is 1120. The van der Waals surface area contributed by atoms with Gasteiger partial charge in [-0.3, -0.25) is 18.7 Å². The SMILES string of the molecule is Cc1cc(C(=O)N2CCC3(CC2)c2ccc(C(=O)C(C)(C)C)n2CCN3C)ccc1S(C)=O. The number of amides is 1. The summed E-state index contributed by atoms with van der Waals surface area (Å²) in [5, 5.41) is 0. The fraction of sp³-hybridized carbons (Fsp3) is 0.538. The minimum Gasteiger partial charge on any atom is -0.339 e. The first-order valence-electron chi connectivity index (χ1n) is 11.6. The molecule has 1 amide bonds. The van der Waals surface area contributed by atoms with Crippen molar-refractivity contribution in [2.75, 3.05) is 32.9 Å². The van der Waals surface area contributed by atoms with Gasteiger partial charge in [0, 0.05) is 54.0 Å². The molecule has 178 valence electrons. The number of carbonyl (C=O) groups is 2. The van der Waals surface area contributed by atoms with E-state index in [1.165, 1.54) is 5.69 Å². The number of hydrogen-bond acceptors (Lipinski definition) is 4. The summed E-state index contributed by atoms with van der Waals surface area (Å²) in [5.41, 5.74) is 2.95. The quantitative estimate of drug-likeness (QED) is 0.641. The topological polar surface area (TPSA) is 62.6 Å². The molecule has 0 N–H and O–H groups in total. The van der Waals surface area contributed by atoms with Gasteiger partial charge in [0.2, 0.25) is 0 Å². The Labute approximate surface area is 199 Å². The Kier molecular flexibility index (Phi) is 6.16. The zero-order valence-corrected chi connectivity index (χ0v) is 21.4. The molecule has 1 atom stereocenters. The first-order chi connectivity index (χ1) is 15.5. The molecular formula is C26H35N3O3S. The van der Waals surface area contributed by atoms with Crippen LogP contribution in [0.2, 0.25) is 0 Å². The number of aromatic nitrogens is 1. The Hall–Kier alpha value is -2.25. The van der Waals surface area contributed by atoms with Gasteiger partial charge < -0.3 is 9.47 Å². The number of likely N-dealkylation sites (tertiary alicyclic amines) is 1. The molecule has 1 aromatic heterocycles. The van der Waals surface area contributed by atoms with Gasteiger partial charge in [-0.2, -0.15) is 0 Å². The zero-order chi connectivity index (χ0) is 24.1. The highest BCUT2D eigenvalue weighted by Gasteiger charge is 2.45. The van der Waals surface area contributed by atoms with E-state index in [-0.39, 0.29) is 17.2 Å². The third-order valence-electron chi connectivity index (χ3n) is 7.37. The Morgan fingerprint density at radius 2 is 1.67 bits per heavy atom. The van der Waals surface area contributed by atoms with E-state index in [9.17, 15) is 13.8 Å². The van der Waals surface area contributed by atoms with Crippen LogP contribution in [0.4, 0.5) is 0 Å². The molecule has 2 aliphatic heterocycles. The van der Waals surface area contributed by atoms with E-state index in [1.54, 1.807) is 18.4 Å². The maximum Gasteiger partial charge on any atom is 0.253 e. The Morgan fingerprint density at radius 1 is 1.00 bits per heavy atom. The van der Waals surface area contributed by atoms with Crippen LogP contribution < -0.4 is 0 Å². The molecule has 4 rings (SSSR count). The number of aryl methyl sites for hydroxylation is 1. The maximum absolute atomic E-state index is 13.2. The molecule has 0 aliphatic carbocycles. The molecule has 7 heteroatoms. The first-order valence-corrected chi connectivity index (χ1v) is 13.2. The molecule has 1 aromatic carbocycles. The van der Waals surface area contributed by atoms with Crippen molar-refractivity contribution in [1.29, 1.82) is 0 Å². The van der Waals surface area contributed by atoms with Crippen LogP contribution in [0.3, 0.4) is 0 Å². The lowest BCUT2D eigenvalue weighted by atomic mass is 9.81. The van der Waals surface area contributed by atoms with Crippen LogP contribution in [0, 0.1) is 12.3 Å². The van der Waals surface area contributed by atoms with Crippen molar-refractivity contribution in [3.05, 3.63) is 52.8 Å². The molecule has 33 heavy (non-hydrogen) atoms. The average Bonchev–Trinajstić information content (AvgIpc) is 3.20. The van der Waals surface area contributed by atoms with Crippen molar-refractivity contribution in [3.8, 4) is 0 Å². The van der Waals surface area contributed by atoms with Crippen LogP contribution in [0.15, 0.2) is 35.2 Å². The number of nitrogens with zero attached hydrogens (tertiary/aromatic N) is 3. The summed E-state index contributed by atoms with van der Waals surface area (Å²) < 4.78 is 14.1. The minimum absolute atomic E-state index is 0.0267. The van der Waals surface area contributed by atoms with Gasteiger partial charge in [0.05, 0.1) is 22.0 Å². The van der Waals surface area contributed by atoms with E-state index < -0.39 is 16.2 Å². The summed E-state index contributed by atoms with van der Waals surface area (Å²) >= 11 is 0. The van der Waals surface area contributed by atoms with Gasteiger partial charge in [-0.25, -0.2) is 0 Å². The van der Waals surface area contributed by atoms with Crippen LogP contribution in [-0.4, -0.2) is 63.2 Å². The molecule has 1 saturated heterocycles. The second-order valence-electron chi connectivity index (χ2n) is 10.5. The third-order valence-corrected chi connectivity index (χ3v) is 8.45. The molecule has 0 bridgehead atoms. The molecule has 0 radical (unpaired) electrons. The number of Topliss-reactive ketones (excluding diaryl/α,β-unsaturated/α-hetero) is 1. The summed E-state index contributed by atoms with van der Waals surface area (Å²) in [6.45, 7) is 10.8. The van der Waals surface area contributed by atoms with E-state index >= 15 is 0 Å². The van der Waals surface area contributed by atoms with Crippen LogP contribution >= 0.6 is 0 Å². The van der Waals surface area contributed by atoms with E-state index in [2.05, 4.69) is 22.6 Å². The molecule has 0 saturated carbocycles. The smallest absolute Gasteiger partial charge is 0.253 e. The summed E-state index contributed by atoms with van der Waals surface area (Å²) in [6.07, 6.45) is 3.32. The lowest BCUT2D eigenvalue weighted by Gasteiger charge is -2.50. The number of piperidine rings is 1. The maximum atomic E-state index is 13.2. The van der Waals surface area contributed by atoms with Gasteiger partial charge in [-0.05, 0) is 62.7 Å². The summed E-state index contributed by atoms with van der Waals surface area (Å²) in [6, 6.07) is 9.56. The van der Waals surface area contributed by atoms with Gasteiger partial charge >= 0.3 is 0 Å². The lowest BCUT2D eigenvalue weighted by Crippen LogP contribution is -2.56. The Balaban J connectivity index is 1.56. The van der Waals surface area contributed by atoms with E-state index in [4.69, 9.17) is 0 Å². The molecule has 6 nitrogen and oxygen atoms in total. The predicted octanol–water partition coefficient (Wildman–Crippen LogP) is 3.84. The number of carbonyl (C=O) groups excluding carboxylic acids is 2. The molecular weight excluding hydrogens is 434 g/mol. The van der Waals surface area contributed by atoms with Gasteiger partial charge in [0.25, 0.3) is 5.91 Å². The van der Waals surface area contributed by atoms with Crippen molar-refractivity contribution >= 4 is 22.5 Å². The number of ketones is 1. The van der Waals surface area contributed by atoms with Crippen molar-refractivity contribution < 1.29 is 13.8 Å². The van der Waals surface area contributed by atoms with Gasteiger partial charge in [0.15, 0.2) is 5.78 Å². The Morgan fingerprint density at radius 3 is 2.24 bits per heavy atom. The van der Waals surface area contributed by atoms with Gasteiger partial charge in [0.1, 0.15) is 0 Å². The van der Waals surface area contributed by atoms with Gasteiger partial charge in [-0.15, -0.1) is 0 Å². The highest BCUT2D eigenvalue weighted by atomic mass is 32.2. The minimum atomic E-state index is -1.06. The first kappa shape index (κ1) is 23.9. The number of rotatable bonds is 3. The van der Waals surface area contributed by atoms with Crippen LogP contribution in [-0.2, 0) is 22.9 Å². The number of hydrogen-bond donors (Lipinski definition) is 0. The zero-order valence-electron chi connectivity index (χ0n) is 20.6. The standard InChI is InChI=1S/C26H35N3O3S/c1-18-17-19(7-9-21(18)33(6)32)24(31)28-13-11-26(12-14-28)22-10-8-20(23(30)25(2,3)4)29(22)16-15-27(26)5/h7-10,17H,11-16H2,1-6H3. The van der Waals surface area contributed by atoms with Gasteiger partial charge in [-0.1, -0.05) is 20.8 Å². The second-order valence-corrected chi connectivity index (χ2v) is 11.9. The van der Waals surface area contributed by atoms with E-state index in [0.717, 1.165) is 42.1 Å². The average molecular weight is 470 g/mol. The molecule has 2 aromatic rings. The van der Waals surface area contributed by atoms with Crippen LogP contribution in [0.5, 0.6) is 0 Å². The third kappa shape index (κ3) is 4.10. The fourth-order valence-electron chi connectivity index (χ4n) is 5.36. The van der Waals surface area contributed by atoms with Crippen molar-refractivity contribution in [2.24, 2.45) is 5.41 Å². The van der Waals surface area contributed by atoms with Crippen molar-refractivity contribution in [1.82, 2.24) is 14.4 Å². The number of benzene rings is 1. The fourth-order valence-corrected chi connectivity index (χ4v) is 6.13. The summed E-state index contributed by atoms with van der Waals surface area (Å²) in [4.78, 5) is 31.4. The summed E-state index contributed by atoms with van der Waals surface area (Å²) in [5.74, 6) is 0.201. The molecule has 2 aliphatic rings. The monoisotopic (exact) mass is 469 g/mol. The van der Waals surface area contributed by atoms with Crippen LogP contribution in [0.1, 0.15) is 65.7 Å². The predicted molar refractivity (Wildman–Crippen MR) is 131 cm³/mol. The summed E-state index contributed by atoms with van der Waals surface area (Å²) in [7, 11) is 1.10. The lowest BCUT2D eigenvalue weighted by molar-refractivity contribution is 0.0126. The van der Waals surface area contributed by atoms with Crippen molar-refractivity contribution in [3.63, 3.8) is 0 Å². The van der Waals surface area contributed by atoms with Crippen molar-refractivity contribution in [2.45, 2.75) is 57.5 Å². The van der Waals surface area contributed by atoms with E-state index in [1.807, 2.05) is 44.7 Å². The largest absolute Gasteiger partial charge is 0.339 e.